The molecule has 0 aliphatic rings. The van der Waals surface area contributed by atoms with Crippen LogP contribution in [0.15, 0.2) is 23.2 Å². The van der Waals surface area contributed by atoms with Crippen LogP contribution in [0.1, 0.15) is 5.69 Å². The topological polar surface area (TPSA) is 47.0 Å². The molecule has 1 aromatic rings. The van der Waals surface area contributed by atoms with Crippen molar-refractivity contribution >= 4 is 19.7 Å². The van der Waals surface area contributed by atoms with E-state index in [2.05, 4.69) is 4.98 Å². The minimum Gasteiger partial charge on any atom is -0.252 e. The highest BCUT2D eigenvalue weighted by atomic mass is 35.7. The minimum atomic E-state index is -4.68. The predicted octanol–water partition coefficient (Wildman–Crippen LogP) is 2.03. The lowest BCUT2D eigenvalue weighted by Crippen LogP contribution is -2.08. The van der Waals surface area contributed by atoms with E-state index in [4.69, 9.17) is 10.7 Å². The quantitative estimate of drug-likeness (QED) is 0.711. The van der Waals surface area contributed by atoms with Gasteiger partial charge in [0, 0.05) is 16.9 Å². The fourth-order valence-corrected chi connectivity index (χ4v) is 1.48. The largest absolute Gasteiger partial charge is 0.433 e. The molecule has 14 heavy (non-hydrogen) atoms. The molecule has 1 rings (SSSR count). The molecule has 0 spiro atoms. The van der Waals surface area contributed by atoms with Crippen LogP contribution in [-0.2, 0) is 15.2 Å². The van der Waals surface area contributed by atoms with Crippen LogP contribution in [0.25, 0.3) is 0 Å². The second kappa shape index (κ2) is 3.39. The summed E-state index contributed by atoms with van der Waals surface area (Å²) in [5.74, 6) is 0. The maximum atomic E-state index is 12.1. The summed E-state index contributed by atoms with van der Waals surface area (Å²) in [5.41, 5.74) is -1.29. The van der Waals surface area contributed by atoms with E-state index in [1.807, 2.05) is 0 Å². The molecular weight excluding hydrogens is 243 g/mol. The summed E-state index contributed by atoms with van der Waals surface area (Å²) in [6.07, 6.45) is -3.95. The van der Waals surface area contributed by atoms with Gasteiger partial charge in [0.2, 0.25) is 0 Å². The average molecular weight is 246 g/mol. The first-order valence-corrected chi connectivity index (χ1v) is 5.50. The molecule has 0 N–H and O–H groups in total. The van der Waals surface area contributed by atoms with Crippen LogP contribution in [0.4, 0.5) is 13.2 Å². The highest BCUT2D eigenvalue weighted by Gasteiger charge is 2.33. The Bertz CT molecular complexity index is 443. The van der Waals surface area contributed by atoms with Gasteiger partial charge in [-0.05, 0) is 12.1 Å². The third-order valence-corrected chi connectivity index (χ3v) is 2.65. The Morgan fingerprint density at radius 1 is 1.36 bits per heavy atom. The zero-order chi connectivity index (χ0) is 11.0. The molecule has 0 bridgehead atoms. The van der Waals surface area contributed by atoms with Gasteiger partial charge in [-0.15, -0.1) is 0 Å². The second-order valence-electron chi connectivity index (χ2n) is 2.31. The van der Waals surface area contributed by atoms with Crippen molar-refractivity contribution in [1.82, 2.24) is 4.98 Å². The summed E-state index contributed by atoms with van der Waals surface area (Å²) < 4.78 is 57.5. The predicted molar refractivity (Wildman–Crippen MR) is 42.3 cm³/mol. The number of hydrogen-bond donors (Lipinski definition) is 0. The van der Waals surface area contributed by atoms with E-state index in [-0.39, 0.29) is 0 Å². The molecule has 1 heterocycles. The summed E-state index contributed by atoms with van der Waals surface area (Å²) in [6.45, 7) is 0. The van der Waals surface area contributed by atoms with Crippen molar-refractivity contribution in [1.29, 1.82) is 0 Å². The summed E-state index contributed by atoms with van der Waals surface area (Å²) in [4.78, 5) is 2.35. The summed E-state index contributed by atoms with van der Waals surface area (Å²) in [6, 6.07) is 1.26. The van der Waals surface area contributed by atoms with Crippen molar-refractivity contribution in [3.05, 3.63) is 24.0 Å². The van der Waals surface area contributed by atoms with Gasteiger partial charge in [-0.2, -0.15) is 13.2 Å². The molecule has 0 radical (unpaired) electrons. The Labute approximate surface area is 81.9 Å². The first kappa shape index (κ1) is 11.3. The van der Waals surface area contributed by atoms with E-state index in [0.717, 1.165) is 12.3 Å². The van der Waals surface area contributed by atoms with Crippen molar-refractivity contribution in [3.63, 3.8) is 0 Å². The van der Waals surface area contributed by atoms with Gasteiger partial charge in [-0.25, -0.2) is 8.42 Å². The van der Waals surface area contributed by atoms with E-state index < -0.39 is 25.8 Å². The smallest absolute Gasteiger partial charge is 0.252 e. The van der Waals surface area contributed by atoms with E-state index in [1.165, 1.54) is 0 Å². The first-order valence-electron chi connectivity index (χ1n) is 3.19. The molecule has 0 aromatic carbocycles. The Morgan fingerprint density at radius 3 is 2.36 bits per heavy atom. The Balaban J connectivity index is 3.29. The number of aromatic nitrogens is 1. The van der Waals surface area contributed by atoms with Crippen LogP contribution in [0.3, 0.4) is 0 Å². The summed E-state index contributed by atoms with van der Waals surface area (Å²) in [7, 11) is 0.704. The van der Waals surface area contributed by atoms with Crippen LogP contribution in [0.5, 0.6) is 0 Å². The van der Waals surface area contributed by atoms with E-state index in [0.29, 0.717) is 6.07 Å². The summed E-state index contributed by atoms with van der Waals surface area (Å²) >= 11 is 0. The number of alkyl halides is 3. The molecule has 78 valence electrons. The molecule has 8 heteroatoms. The zero-order valence-corrected chi connectivity index (χ0v) is 7.99. The van der Waals surface area contributed by atoms with E-state index >= 15 is 0 Å². The van der Waals surface area contributed by atoms with Crippen molar-refractivity contribution in [3.8, 4) is 0 Å². The molecule has 1 aromatic heterocycles. The van der Waals surface area contributed by atoms with Gasteiger partial charge < -0.3 is 0 Å². The van der Waals surface area contributed by atoms with Gasteiger partial charge in [0.25, 0.3) is 9.05 Å². The van der Waals surface area contributed by atoms with Crippen molar-refractivity contribution < 1.29 is 21.6 Å². The van der Waals surface area contributed by atoms with E-state index in [1.54, 1.807) is 0 Å². The van der Waals surface area contributed by atoms with Crippen molar-refractivity contribution in [2.75, 3.05) is 0 Å². The number of hydrogen-bond acceptors (Lipinski definition) is 3. The summed E-state index contributed by atoms with van der Waals surface area (Å²) in [5, 5.41) is 0. The third-order valence-electron chi connectivity index (χ3n) is 1.30. The van der Waals surface area contributed by atoms with Gasteiger partial charge in [0.05, 0.1) is 4.90 Å². The first-order chi connectivity index (χ1) is 6.21. The molecule has 0 aliphatic carbocycles. The Hall–Kier alpha value is -0.820. The molecule has 3 nitrogen and oxygen atoms in total. The van der Waals surface area contributed by atoms with Crippen LogP contribution >= 0.6 is 10.7 Å². The SMILES string of the molecule is O=S(=O)(Cl)c1ccnc(C(F)(F)F)c1. The highest BCUT2D eigenvalue weighted by Crippen LogP contribution is 2.29. The van der Waals surface area contributed by atoms with Crippen LogP contribution in [0.2, 0.25) is 0 Å². The molecule has 0 amide bonds. The maximum absolute atomic E-state index is 12.1. The molecule has 0 aliphatic heterocycles. The number of pyridine rings is 1. The number of nitrogens with zero attached hydrogens (tertiary/aromatic N) is 1. The standard InChI is InChI=1S/C6H3ClF3NO2S/c7-14(12,13)4-1-2-11-5(3-4)6(8,9)10/h1-3H. The van der Waals surface area contributed by atoms with Gasteiger partial charge >= 0.3 is 6.18 Å². The van der Waals surface area contributed by atoms with Gasteiger partial charge in [-0.1, -0.05) is 0 Å². The van der Waals surface area contributed by atoms with Gasteiger partial charge in [0.1, 0.15) is 5.69 Å². The molecular formula is C6H3ClF3NO2S. The Morgan fingerprint density at radius 2 is 1.93 bits per heavy atom. The monoisotopic (exact) mass is 245 g/mol. The second-order valence-corrected chi connectivity index (χ2v) is 4.88. The zero-order valence-electron chi connectivity index (χ0n) is 6.42. The van der Waals surface area contributed by atoms with E-state index in [9.17, 15) is 21.6 Å². The highest BCUT2D eigenvalue weighted by molar-refractivity contribution is 8.13. The minimum absolute atomic E-state index is 0.377. The molecule has 0 saturated heterocycles. The fraction of sp³-hybridized carbons (Fsp3) is 0.167. The van der Waals surface area contributed by atoms with Crippen LogP contribution in [-0.4, -0.2) is 13.4 Å². The molecule has 0 saturated carbocycles. The average Bonchev–Trinajstić information content (AvgIpc) is 2.01. The van der Waals surface area contributed by atoms with Gasteiger partial charge in [-0.3, -0.25) is 4.98 Å². The van der Waals surface area contributed by atoms with Crippen LogP contribution in [0, 0.1) is 0 Å². The van der Waals surface area contributed by atoms with Crippen molar-refractivity contribution in [2.45, 2.75) is 11.1 Å². The fourth-order valence-electron chi connectivity index (χ4n) is 0.718. The normalized spacial score (nSPS) is 12.9. The van der Waals surface area contributed by atoms with Gasteiger partial charge in [0.15, 0.2) is 0 Å². The van der Waals surface area contributed by atoms with Crippen LogP contribution < -0.4 is 0 Å². The maximum Gasteiger partial charge on any atom is 0.433 e. The lowest BCUT2D eigenvalue weighted by molar-refractivity contribution is -0.141. The number of halogens is 4. The lowest BCUT2D eigenvalue weighted by Gasteiger charge is -2.05. The van der Waals surface area contributed by atoms with Crippen molar-refractivity contribution in [2.24, 2.45) is 0 Å². The number of rotatable bonds is 1. The molecule has 0 atom stereocenters. The molecule has 0 fully saturated rings. The lowest BCUT2D eigenvalue weighted by atomic mass is 10.3. The molecule has 0 unspecified atom stereocenters. The third kappa shape index (κ3) is 2.58. The Kier molecular flexibility index (Phi) is 2.73.